The quantitative estimate of drug-likeness (QED) is 0.644. The molecule has 0 aromatic heterocycles. The van der Waals surface area contributed by atoms with Gasteiger partial charge in [-0.1, -0.05) is 11.6 Å². The van der Waals surface area contributed by atoms with E-state index >= 15 is 0 Å². The molecule has 6 heteroatoms. The van der Waals surface area contributed by atoms with Gasteiger partial charge in [-0.25, -0.2) is 8.78 Å². The van der Waals surface area contributed by atoms with E-state index < -0.39 is 17.4 Å². The van der Waals surface area contributed by atoms with Crippen molar-refractivity contribution >= 4 is 11.6 Å². The number of hydrogen-bond donors (Lipinski definition) is 1. The predicted molar refractivity (Wildman–Crippen MR) is 51.8 cm³/mol. The highest BCUT2D eigenvalue weighted by Crippen LogP contribution is 2.30. The molecule has 0 spiro atoms. The molecule has 0 heterocycles. The van der Waals surface area contributed by atoms with Gasteiger partial charge in [-0.2, -0.15) is 5.48 Å². The average molecular weight is 238 g/mol. The zero-order valence-corrected chi connectivity index (χ0v) is 8.99. The van der Waals surface area contributed by atoms with E-state index in [0.717, 1.165) is 0 Å². The highest BCUT2D eigenvalue weighted by Gasteiger charge is 2.17. The van der Waals surface area contributed by atoms with Crippen LogP contribution in [0.3, 0.4) is 0 Å². The molecule has 1 aromatic rings. The molecule has 0 aliphatic rings. The van der Waals surface area contributed by atoms with Gasteiger partial charge in [0.15, 0.2) is 17.4 Å². The Morgan fingerprint density at radius 3 is 2.53 bits per heavy atom. The lowest BCUT2D eigenvalue weighted by atomic mass is 10.2. The maximum Gasteiger partial charge on any atom is 0.192 e. The van der Waals surface area contributed by atoms with Crippen LogP contribution in [0.4, 0.5) is 8.78 Å². The first-order chi connectivity index (χ1) is 7.11. The topological polar surface area (TPSA) is 30.5 Å². The van der Waals surface area contributed by atoms with Gasteiger partial charge in [-0.05, 0) is 6.07 Å². The number of halogens is 3. The lowest BCUT2D eigenvalue weighted by molar-refractivity contribution is 0.0857. The molecular weight excluding hydrogens is 228 g/mol. The summed E-state index contributed by atoms with van der Waals surface area (Å²) >= 11 is 5.56. The summed E-state index contributed by atoms with van der Waals surface area (Å²) in [5.74, 6) is -2.18. The largest absolute Gasteiger partial charge is 0.491 e. The summed E-state index contributed by atoms with van der Waals surface area (Å²) in [6.45, 7) is 0.0681. The van der Waals surface area contributed by atoms with Crippen LogP contribution in [-0.4, -0.2) is 14.2 Å². The molecule has 0 saturated carbocycles. The first-order valence-electron chi connectivity index (χ1n) is 4.08. The number of nitrogens with one attached hydrogen (secondary N) is 1. The van der Waals surface area contributed by atoms with Crippen LogP contribution in [-0.2, 0) is 11.4 Å². The molecule has 0 unspecified atom stereocenters. The van der Waals surface area contributed by atoms with E-state index in [1.54, 1.807) is 0 Å². The number of rotatable bonds is 4. The second-order valence-electron chi connectivity index (χ2n) is 2.70. The molecule has 84 valence electrons. The van der Waals surface area contributed by atoms with Gasteiger partial charge < -0.3 is 9.57 Å². The van der Waals surface area contributed by atoms with Crippen molar-refractivity contribution in [3.8, 4) is 5.75 Å². The van der Waals surface area contributed by atoms with Gasteiger partial charge in [0.25, 0.3) is 0 Å². The third kappa shape index (κ3) is 2.56. The highest BCUT2D eigenvalue weighted by atomic mass is 35.5. The van der Waals surface area contributed by atoms with E-state index in [1.807, 2.05) is 0 Å². The molecule has 1 rings (SSSR count). The molecule has 0 aliphatic carbocycles. The average Bonchev–Trinajstić information content (AvgIpc) is 2.22. The monoisotopic (exact) mass is 237 g/mol. The Morgan fingerprint density at radius 2 is 2.00 bits per heavy atom. The zero-order valence-electron chi connectivity index (χ0n) is 8.23. The lowest BCUT2D eigenvalue weighted by Crippen LogP contribution is -2.13. The van der Waals surface area contributed by atoms with Crippen LogP contribution in [0, 0.1) is 11.6 Å². The lowest BCUT2D eigenvalue weighted by Gasteiger charge is -2.10. The number of benzene rings is 1. The Hall–Kier alpha value is -0.910. The molecule has 15 heavy (non-hydrogen) atoms. The van der Waals surface area contributed by atoms with Crippen LogP contribution >= 0.6 is 11.6 Å². The molecule has 0 saturated heterocycles. The van der Waals surface area contributed by atoms with Crippen LogP contribution in [0.1, 0.15) is 5.56 Å². The summed E-state index contributed by atoms with van der Waals surface area (Å²) in [7, 11) is 2.56. The zero-order chi connectivity index (χ0) is 11.4. The fourth-order valence-electron chi connectivity index (χ4n) is 1.09. The first-order valence-corrected chi connectivity index (χ1v) is 4.45. The summed E-state index contributed by atoms with van der Waals surface area (Å²) < 4.78 is 31.3. The summed E-state index contributed by atoms with van der Waals surface area (Å²) in [5, 5.41) is -0.193. The van der Waals surface area contributed by atoms with Crippen molar-refractivity contribution in [2.75, 3.05) is 14.2 Å². The molecule has 0 fully saturated rings. The maximum atomic E-state index is 13.5. The van der Waals surface area contributed by atoms with Crippen molar-refractivity contribution in [2.24, 2.45) is 0 Å². The van der Waals surface area contributed by atoms with E-state index in [-0.39, 0.29) is 17.1 Å². The second kappa shape index (κ2) is 5.25. The van der Waals surface area contributed by atoms with Gasteiger partial charge in [-0.3, -0.25) is 0 Å². The molecule has 0 atom stereocenters. The van der Waals surface area contributed by atoms with Crippen molar-refractivity contribution in [2.45, 2.75) is 6.54 Å². The third-order valence-corrected chi connectivity index (χ3v) is 2.08. The Balaban J connectivity index is 3.12. The van der Waals surface area contributed by atoms with Crippen LogP contribution in [0.15, 0.2) is 6.07 Å². The molecule has 1 N–H and O–H groups in total. The number of ether oxygens (including phenoxy) is 1. The van der Waals surface area contributed by atoms with Gasteiger partial charge in [0.2, 0.25) is 0 Å². The smallest absolute Gasteiger partial charge is 0.192 e. The normalized spacial score (nSPS) is 10.5. The number of methoxy groups -OCH3 is 1. The van der Waals surface area contributed by atoms with Crippen LogP contribution in [0.5, 0.6) is 5.75 Å². The van der Waals surface area contributed by atoms with E-state index in [2.05, 4.69) is 15.1 Å². The minimum absolute atomic E-state index is 0.0681. The van der Waals surface area contributed by atoms with Crippen LogP contribution in [0.2, 0.25) is 5.02 Å². The van der Waals surface area contributed by atoms with Crippen LogP contribution < -0.4 is 10.2 Å². The molecule has 0 radical (unpaired) electrons. The molecule has 0 aliphatic heterocycles. The minimum Gasteiger partial charge on any atom is -0.491 e. The van der Waals surface area contributed by atoms with Gasteiger partial charge in [0.1, 0.15) is 0 Å². The Morgan fingerprint density at radius 1 is 1.33 bits per heavy atom. The summed E-state index contributed by atoms with van der Waals surface area (Å²) in [6, 6.07) is 1.18. The Labute approximate surface area is 90.9 Å². The first kappa shape index (κ1) is 12.2. The van der Waals surface area contributed by atoms with E-state index in [1.165, 1.54) is 20.3 Å². The van der Waals surface area contributed by atoms with Crippen molar-refractivity contribution in [1.29, 1.82) is 0 Å². The molecular formula is C9H10ClF2NO2. The Bertz CT molecular complexity index is 360. The van der Waals surface area contributed by atoms with Gasteiger partial charge in [-0.15, -0.1) is 0 Å². The van der Waals surface area contributed by atoms with E-state index in [4.69, 9.17) is 11.6 Å². The SMILES string of the molecule is CONCc1cc(Cl)c(F)c(OC)c1F. The second-order valence-corrected chi connectivity index (χ2v) is 3.11. The van der Waals surface area contributed by atoms with Crippen molar-refractivity contribution in [1.82, 2.24) is 5.48 Å². The van der Waals surface area contributed by atoms with Gasteiger partial charge in [0, 0.05) is 12.1 Å². The van der Waals surface area contributed by atoms with Gasteiger partial charge >= 0.3 is 0 Å². The number of hydroxylamine groups is 1. The Kier molecular flexibility index (Phi) is 4.26. The molecule has 3 nitrogen and oxygen atoms in total. The predicted octanol–water partition coefficient (Wildman–Crippen LogP) is 2.28. The van der Waals surface area contributed by atoms with Gasteiger partial charge in [0.05, 0.1) is 19.2 Å². The summed E-state index contributed by atoms with van der Waals surface area (Å²) in [4.78, 5) is 4.55. The fraction of sp³-hybridized carbons (Fsp3) is 0.333. The third-order valence-electron chi connectivity index (χ3n) is 1.80. The highest BCUT2D eigenvalue weighted by molar-refractivity contribution is 6.31. The molecule has 0 bridgehead atoms. The number of hydrogen-bond acceptors (Lipinski definition) is 3. The van der Waals surface area contributed by atoms with Crippen molar-refractivity contribution < 1.29 is 18.4 Å². The summed E-state index contributed by atoms with van der Waals surface area (Å²) in [6.07, 6.45) is 0. The molecule has 0 amide bonds. The maximum absolute atomic E-state index is 13.5. The van der Waals surface area contributed by atoms with Crippen molar-refractivity contribution in [3.63, 3.8) is 0 Å². The standard InChI is InChI=1S/C9H10ClF2NO2/c1-14-9-7(11)5(4-13-15-2)3-6(10)8(9)12/h3,13H,4H2,1-2H3. The van der Waals surface area contributed by atoms with E-state index in [9.17, 15) is 8.78 Å². The summed E-state index contributed by atoms with van der Waals surface area (Å²) in [5.41, 5.74) is 2.59. The van der Waals surface area contributed by atoms with E-state index in [0.29, 0.717) is 0 Å². The van der Waals surface area contributed by atoms with Crippen LogP contribution in [0.25, 0.3) is 0 Å². The fourth-order valence-corrected chi connectivity index (χ4v) is 1.31. The van der Waals surface area contributed by atoms with Crippen molar-refractivity contribution in [3.05, 3.63) is 28.3 Å². The molecule has 1 aromatic carbocycles. The minimum atomic E-state index is -0.905.